The summed E-state index contributed by atoms with van der Waals surface area (Å²) < 4.78 is 10.5. The van der Waals surface area contributed by atoms with Crippen LogP contribution in [0.25, 0.3) is 0 Å². The minimum Gasteiger partial charge on any atom is -0.464 e. The van der Waals surface area contributed by atoms with E-state index in [-0.39, 0.29) is 11.7 Å². The van der Waals surface area contributed by atoms with E-state index in [1.54, 1.807) is 6.92 Å². The zero-order valence-electron chi connectivity index (χ0n) is 11.0. The number of aromatic nitrogens is 2. The van der Waals surface area contributed by atoms with Crippen molar-refractivity contribution in [2.75, 3.05) is 37.8 Å². The maximum absolute atomic E-state index is 11.2. The summed E-state index contributed by atoms with van der Waals surface area (Å²) in [7, 11) is 0. The fourth-order valence-corrected chi connectivity index (χ4v) is 1.93. The van der Waals surface area contributed by atoms with Crippen LogP contribution in [0.1, 0.15) is 12.6 Å². The van der Waals surface area contributed by atoms with Crippen LogP contribution >= 0.6 is 0 Å². The molecule has 0 spiro atoms. The topological polar surface area (TPSA) is 90.6 Å². The first-order valence-electron chi connectivity index (χ1n) is 6.12. The van der Waals surface area contributed by atoms with Crippen LogP contribution in [0.3, 0.4) is 0 Å². The Labute approximate surface area is 110 Å². The summed E-state index contributed by atoms with van der Waals surface area (Å²) >= 11 is 0. The molecule has 0 atom stereocenters. The molecule has 0 N–H and O–H groups in total. The number of rotatable bonds is 4. The quantitative estimate of drug-likeness (QED) is 0.592. The molecule has 1 fully saturated rings. The average molecular weight is 268 g/mol. The minimum absolute atomic E-state index is 0.0645. The molecule has 0 amide bonds. The molecule has 1 aromatic heterocycles. The Morgan fingerprint density at radius 3 is 2.68 bits per heavy atom. The Morgan fingerprint density at radius 2 is 2.11 bits per heavy atom. The molecular formula is C11H16N4O4. The van der Waals surface area contributed by atoms with Gasteiger partial charge in [-0.2, -0.15) is 9.97 Å². The third-order valence-electron chi connectivity index (χ3n) is 2.79. The molecule has 1 aliphatic heterocycles. The van der Waals surface area contributed by atoms with Crippen LogP contribution in [0.2, 0.25) is 0 Å². The highest BCUT2D eigenvalue weighted by Gasteiger charge is 2.27. The normalized spacial score (nSPS) is 15.4. The number of hydrogen-bond donors (Lipinski definition) is 0. The van der Waals surface area contributed by atoms with Crippen molar-refractivity contribution in [1.29, 1.82) is 0 Å². The van der Waals surface area contributed by atoms with E-state index < -0.39 is 4.92 Å². The maximum atomic E-state index is 11.2. The Bertz CT molecular complexity index is 474. The average Bonchev–Trinajstić information content (AvgIpc) is 2.39. The van der Waals surface area contributed by atoms with Gasteiger partial charge in [0.1, 0.15) is 5.69 Å². The molecule has 8 nitrogen and oxygen atoms in total. The summed E-state index contributed by atoms with van der Waals surface area (Å²) in [5, 5.41) is 11.2. The molecular weight excluding hydrogens is 252 g/mol. The number of morpholine rings is 1. The van der Waals surface area contributed by atoms with Gasteiger partial charge in [0.05, 0.1) is 24.7 Å². The van der Waals surface area contributed by atoms with Gasteiger partial charge in [0, 0.05) is 13.1 Å². The largest absolute Gasteiger partial charge is 0.464 e. The van der Waals surface area contributed by atoms with E-state index in [1.807, 2.05) is 11.8 Å². The molecule has 0 radical (unpaired) electrons. The van der Waals surface area contributed by atoms with Crippen molar-refractivity contribution >= 4 is 11.5 Å². The lowest BCUT2D eigenvalue weighted by Crippen LogP contribution is -2.37. The molecule has 19 heavy (non-hydrogen) atoms. The second kappa shape index (κ2) is 5.79. The number of nitrogens with zero attached hydrogens (tertiary/aromatic N) is 4. The predicted molar refractivity (Wildman–Crippen MR) is 67.6 cm³/mol. The van der Waals surface area contributed by atoms with Crippen LogP contribution in [-0.4, -0.2) is 47.8 Å². The molecule has 0 unspecified atom stereocenters. The van der Waals surface area contributed by atoms with Crippen molar-refractivity contribution in [3.63, 3.8) is 0 Å². The Hall–Kier alpha value is -1.96. The first-order valence-corrected chi connectivity index (χ1v) is 6.12. The SMILES string of the molecule is CCOc1nc(C)c([N+](=O)[O-])c(N2CCOCC2)n1. The Kier molecular flexibility index (Phi) is 4.10. The van der Waals surface area contributed by atoms with Crippen LogP contribution in [0.5, 0.6) is 6.01 Å². The minimum atomic E-state index is -0.449. The zero-order valence-corrected chi connectivity index (χ0v) is 11.0. The summed E-state index contributed by atoms with van der Waals surface area (Å²) in [6.45, 7) is 6.03. The summed E-state index contributed by atoms with van der Waals surface area (Å²) in [6.07, 6.45) is 0. The lowest BCUT2D eigenvalue weighted by atomic mass is 10.3. The van der Waals surface area contributed by atoms with Crippen molar-refractivity contribution in [2.24, 2.45) is 0 Å². The van der Waals surface area contributed by atoms with Crippen LogP contribution in [0, 0.1) is 17.0 Å². The van der Waals surface area contributed by atoms with Gasteiger partial charge in [-0.05, 0) is 13.8 Å². The van der Waals surface area contributed by atoms with Crippen molar-refractivity contribution in [3.05, 3.63) is 15.8 Å². The molecule has 8 heteroatoms. The van der Waals surface area contributed by atoms with E-state index in [4.69, 9.17) is 9.47 Å². The summed E-state index contributed by atoms with van der Waals surface area (Å²) in [6, 6.07) is 0.173. The highest BCUT2D eigenvalue weighted by molar-refractivity contribution is 5.60. The van der Waals surface area contributed by atoms with Gasteiger partial charge in [-0.1, -0.05) is 0 Å². The summed E-state index contributed by atoms with van der Waals surface area (Å²) in [5.41, 5.74) is 0.246. The van der Waals surface area contributed by atoms with Gasteiger partial charge < -0.3 is 14.4 Å². The molecule has 104 valence electrons. The fraction of sp³-hybridized carbons (Fsp3) is 0.636. The molecule has 0 bridgehead atoms. The number of ether oxygens (including phenoxy) is 2. The molecule has 0 aliphatic carbocycles. The van der Waals surface area contributed by atoms with E-state index >= 15 is 0 Å². The van der Waals surface area contributed by atoms with E-state index in [0.29, 0.717) is 44.4 Å². The number of aryl methyl sites for hydroxylation is 1. The number of hydrogen-bond acceptors (Lipinski definition) is 7. The Morgan fingerprint density at radius 1 is 1.42 bits per heavy atom. The molecule has 1 aliphatic rings. The number of nitro groups is 1. The Balaban J connectivity index is 2.43. The van der Waals surface area contributed by atoms with Gasteiger partial charge >= 0.3 is 11.7 Å². The predicted octanol–water partition coefficient (Wildman–Crippen LogP) is 0.929. The van der Waals surface area contributed by atoms with E-state index in [2.05, 4.69) is 9.97 Å². The molecule has 0 aromatic carbocycles. The van der Waals surface area contributed by atoms with Crippen molar-refractivity contribution in [1.82, 2.24) is 9.97 Å². The summed E-state index contributed by atoms with van der Waals surface area (Å²) in [4.78, 5) is 20.7. The smallest absolute Gasteiger partial charge is 0.332 e. The second-order valence-corrected chi connectivity index (χ2v) is 4.05. The third kappa shape index (κ3) is 2.90. The van der Waals surface area contributed by atoms with Gasteiger partial charge in [0.25, 0.3) is 0 Å². The highest BCUT2D eigenvalue weighted by Crippen LogP contribution is 2.30. The van der Waals surface area contributed by atoms with Crippen molar-refractivity contribution in [3.8, 4) is 6.01 Å². The fourth-order valence-electron chi connectivity index (χ4n) is 1.93. The van der Waals surface area contributed by atoms with Crippen LogP contribution in [0.15, 0.2) is 0 Å². The summed E-state index contributed by atoms with van der Waals surface area (Å²) in [5.74, 6) is 0.309. The first-order chi connectivity index (χ1) is 9.13. The van der Waals surface area contributed by atoms with Gasteiger partial charge in [-0.25, -0.2) is 0 Å². The van der Waals surface area contributed by atoms with Gasteiger partial charge in [0.2, 0.25) is 5.82 Å². The maximum Gasteiger partial charge on any atom is 0.332 e. The van der Waals surface area contributed by atoms with Crippen molar-refractivity contribution in [2.45, 2.75) is 13.8 Å². The molecule has 2 heterocycles. The molecule has 1 aromatic rings. The van der Waals surface area contributed by atoms with Crippen LogP contribution in [0.4, 0.5) is 11.5 Å². The standard InChI is InChI=1S/C11H16N4O4/c1-3-19-11-12-8(2)9(15(16)17)10(13-11)14-4-6-18-7-5-14/h3-7H2,1-2H3. The number of anilines is 1. The van der Waals surface area contributed by atoms with Crippen LogP contribution < -0.4 is 9.64 Å². The second-order valence-electron chi connectivity index (χ2n) is 4.05. The molecule has 0 saturated carbocycles. The third-order valence-corrected chi connectivity index (χ3v) is 2.79. The van der Waals surface area contributed by atoms with Crippen LogP contribution in [-0.2, 0) is 4.74 Å². The molecule has 2 rings (SSSR count). The monoisotopic (exact) mass is 268 g/mol. The first kappa shape index (κ1) is 13.5. The van der Waals surface area contributed by atoms with Gasteiger partial charge in [-0.3, -0.25) is 10.1 Å². The lowest BCUT2D eigenvalue weighted by Gasteiger charge is -2.27. The highest BCUT2D eigenvalue weighted by atomic mass is 16.6. The lowest BCUT2D eigenvalue weighted by molar-refractivity contribution is -0.385. The molecule has 1 saturated heterocycles. The van der Waals surface area contributed by atoms with Gasteiger partial charge in [0.15, 0.2) is 0 Å². The zero-order chi connectivity index (χ0) is 13.8. The van der Waals surface area contributed by atoms with Gasteiger partial charge in [-0.15, -0.1) is 0 Å². The van der Waals surface area contributed by atoms with Crippen molar-refractivity contribution < 1.29 is 14.4 Å². The van der Waals surface area contributed by atoms with E-state index in [0.717, 1.165) is 0 Å². The van der Waals surface area contributed by atoms with E-state index in [9.17, 15) is 10.1 Å². The van der Waals surface area contributed by atoms with E-state index in [1.165, 1.54) is 0 Å².